The van der Waals surface area contributed by atoms with Gasteiger partial charge in [-0.05, 0) is 39.8 Å². The van der Waals surface area contributed by atoms with Gasteiger partial charge in [-0.2, -0.15) is 4.99 Å². The number of fused-ring (bicyclic) bond motifs is 1. The molecule has 0 radical (unpaired) electrons. The monoisotopic (exact) mass is 391 g/mol. The molecule has 148 valence electrons. The van der Waals surface area contributed by atoms with Gasteiger partial charge in [-0.1, -0.05) is 24.3 Å². The van der Waals surface area contributed by atoms with Crippen molar-refractivity contribution in [2.24, 2.45) is 9.98 Å². The van der Waals surface area contributed by atoms with E-state index >= 15 is 0 Å². The zero-order valence-corrected chi connectivity index (χ0v) is 16.6. The number of pyridine rings is 1. The number of amides is 1. The Bertz CT molecular complexity index is 1060. The molecule has 0 atom stereocenters. The number of amidine groups is 1. The van der Waals surface area contributed by atoms with Gasteiger partial charge in [-0.25, -0.2) is 9.79 Å². The van der Waals surface area contributed by atoms with Crippen LogP contribution in [0.1, 0.15) is 49.2 Å². The fourth-order valence-corrected chi connectivity index (χ4v) is 2.78. The number of aliphatic imine (C=N–C) groups is 2. The van der Waals surface area contributed by atoms with E-state index in [-0.39, 0.29) is 22.9 Å². The SMILES string of the molecule is C/C(O)=C(/C(=O)OC(C)(C)C)C1=NC(=NC(=O)c2cccnc2)c2ccccc21. The quantitative estimate of drug-likeness (QED) is 0.489. The van der Waals surface area contributed by atoms with Gasteiger partial charge >= 0.3 is 5.97 Å². The number of aliphatic hydroxyl groups excluding tert-OH is 1. The van der Waals surface area contributed by atoms with Crippen LogP contribution in [0.2, 0.25) is 0 Å². The Labute approximate surface area is 168 Å². The number of carbonyl (C=O) groups is 2. The Kier molecular flexibility index (Phi) is 5.41. The third-order valence-corrected chi connectivity index (χ3v) is 3.96. The molecule has 0 fully saturated rings. The van der Waals surface area contributed by atoms with Crippen LogP contribution in [-0.4, -0.2) is 39.1 Å². The third-order valence-electron chi connectivity index (χ3n) is 3.96. The highest BCUT2D eigenvalue weighted by Crippen LogP contribution is 2.26. The highest BCUT2D eigenvalue weighted by atomic mass is 16.6. The predicted octanol–water partition coefficient (Wildman–Crippen LogP) is 3.65. The van der Waals surface area contributed by atoms with Crippen molar-refractivity contribution in [1.82, 2.24) is 4.98 Å². The molecule has 1 aromatic heterocycles. The molecule has 1 N–H and O–H groups in total. The van der Waals surface area contributed by atoms with Crippen LogP contribution in [0.15, 0.2) is 70.1 Å². The molecule has 7 nitrogen and oxygen atoms in total. The molecule has 0 spiro atoms. The van der Waals surface area contributed by atoms with Crippen molar-refractivity contribution in [3.63, 3.8) is 0 Å². The van der Waals surface area contributed by atoms with Crippen LogP contribution in [0.5, 0.6) is 0 Å². The number of ether oxygens (including phenoxy) is 1. The first-order valence-electron chi connectivity index (χ1n) is 9.02. The minimum atomic E-state index is -0.746. The molecule has 0 bridgehead atoms. The summed E-state index contributed by atoms with van der Waals surface area (Å²) in [6.07, 6.45) is 2.98. The maximum Gasteiger partial charge on any atom is 0.344 e. The second kappa shape index (κ2) is 7.79. The van der Waals surface area contributed by atoms with Gasteiger partial charge in [0.25, 0.3) is 5.91 Å². The van der Waals surface area contributed by atoms with E-state index in [1.807, 2.05) is 0 Å². The molecule has 2 aromatic rings. The normalized spacial score (nSPS) is 15.4. The maximum absolute atomic E-state index is 12.7. The molecule has 3 rings (SSSR count). The van der Waals surface area contributed by atoms with E-state index in [1.165, 1.54) is 13.1 Å². The number of nitrogens with zero attached hydrogens (tertiary/aromatic N) is 3. The summed E-state index contributed by atoms with van der Waals surface area (Å²) in [6.45, 7) is 6.59. The Morgan fingerprint density at radius 2 is 1.76 bits per heavy atom. The standard InChI is InChI=1S/C22H21N3O4/c1-13(26)17(21(28)29-22(2,3)4)18-15-9-5-6-10-16(15)19(24-18)25-20(27)14-8-7-11-23-12-14/h5-12,26H,1-4H3/b17-13-,25-19?. The molecule has 7 heteroatoms. The van der Waals surface area contributed by atoms with E-state index in [4.69, 9.17) is 4.74 Å². The van der Waals surface area contributed by atoms with Gasteiger partial charge in [-0.15, -0.1) is 0 Å². The predicted molar refractivity (Wildman–Crippen MR) is 109 cm³/mol. The van der Waals surface area contributed by atoms with Gasteiger partial charge in [0.1, 0.15) is 16.9 Å². The minimum Gasteiger partial charge on any atom is -0.512 e. The molecule has 1 aromatic carbocycles. The second-order valence-corrected chi connectivity index (χ2v) is 7.45. The summed E-state index contributed by atoms with van der Waals surface area (Å²) in [5.74, 6) is -1.28. The smallest absolute Gasteiger partial charge is 0.344 e. The third kappa shape index (κ3) is 4.45. The molecule has 0 saturated carbocycles. The van der Waals surface area contributed by atoms with Gasteiger partial charge in [0, 0.05) is 23.5 Å². The van der Waals surface area contributed by atoms with Crippen molar-refractivity contribution in [2.75, 3.05) is 0 Å². The van der Waals surface area contributed by atoms with Gasteiger partial charge in [0.2, 0.25) is 0 Å². The zero-order chi connectivity index (χ0) is 21.2. The molecular formula is C22H21N3O4. The van der Waals surface area contributed by atoms with Gasteiger partial charge in [-0.3, -0.25) is 9.78 Å². The van der Waals surface area contributed by atoms with Crippen molar-refractivity contribution >= 4 is 23.4 Å². The topological polar surface area (TPSA) is 101 Å². The van der Waals surface area contributed by atoms with Crippen molar-refractivity contribution in [2.45, 2.75) is 33.3 Å². The average molecular weight is 391 g/mol. The minimum absolute atomic E-state index is 0.0635. The average Bonchev–Trinajstić information content (AvgIpc) is 2.99. The second-order valence-electron chi connectivity index (χ2n) is 7.45. The first kappa shape index (κ1) is 20.1. The Balaban J connectivity index is 2.08. The number of benzene rings is 1. The number of allylic oxidation sites excluding steroid dienone is 1. The number of esters is 1. The summed E-state index contributed by atoms with van der Waals surface area (Å²) in [7, 11) is 0. The van der Waals surface area contributed by atoms with E-state index < -0.39 is 17.5 Å². The molecule has 0 saturated heterocycles. The van der Waals surface area contributed by atoms with E-state index in [0.717, 1.165) is 0 Å². The van der Waals surface area contributed by atoms with E-state index in [2.05, 4.69) is 15.0 Å². The van der Waals surface area contributed by atoms with Crippen molar-refractivity contribution in [1.29, 1.82) is 0 Å². The van der Waals surface area contributed by atoms with Crippen LogP contribution in [0, 0.1) is 0 Å². The van der Waals surface area contributed by atoms with E-state index in [9.17, 15) is 14.7 Å². The number of hydrogen-bond donors (Lipinski definition) is 1. The molecule has 1 aliphatic heterocycles. The van der Waals surface area contributed by atoms with Gasteiger partial charge in [0.15, 0.2) is 5.84 Å². The Morgan fingerprint density at radius 3 is 2.34 bits per heavy atom. The number of carbonyl (C=O) groups excluding carboxylic acids is 2. The fourth-order valence-electron chi connectivity index (χ4n) is 2.78. The zero-order valence-electron chi connectivity index (χ0n) is 16.6. The summed E-state index contributed by atoms with van der Waals surface area (Å²) in [5, 5.41) is 10.2. The first-order valence-corrected chi connectivity index (χ1v) is 9.02. The molecule has 2 heterocycles. The highest BCUT2D eigenvalue weighted by molar-refractivity contribution is 6.36. The molecular weight excluding hydrogens is 370 g/mol. The lowest BCUT2D eigenvalue weighted by molar-refractivity contribution is -0.149. The summed E-state index contributed by atoms with van der Waals surface area (Å²) in [6, 6.07) is 10.3. The number of rotatable bonds is 3. The first-order chi connectivity index (χ1) is 13.7. The maximum atomic E-state index is 12.7. The molecule has 29 heavy (non-hydrogen) atoms. The summed E-state index contributed by atoms with van der Waals surface area (Å²) in [5.41, 5.74) is 0.895. The van der Waals surface area contributed by atoms with Gasteiger partial charge < -0.3 is 9.84 Å². The van der Waals surface area contributed by atoms with E-state index in [1.54, 1.807) is 63.4 Å². The molecule has 0 unspecified atom stereocenters. The van der Waals surface area contributed by atoms with Crippen LogP contribution in [0.3, 0.4) is 0 Å². The molecule has 1 amide bonds. The fraction of sp³-hybridized carbons (Fsp3) is 0.227. The lowest BCUT2D eigenvalue weighted by Crippen LogP contribution is -2.28. The van der Waals surface area contributed by atoms with Crippen molar-refractivity contribution < 1.29 is 19.4 Å². The van der Waals surface area contributed by atoms with Crippen molar-refractivity contribution in [3.05, 3.63) is 76.8 Å². The van der Waals surface area contributed by atoms with Crippen LogP contribution in [0.4, 0.5) is 0 Å². The Hall–Kier alpha value is -3.61. The molecule has 1 aliphatic rings. The van der Waals surface area contributed by atoms with Crippen LogP contribution >= 0.6 is 0 Å². The summed E-state index contributed by atoms with van der Waals surface area (Å²) >= 11 is 0. The van der Waals surface area contributed by atoms with Crippen LogP contribution < -0.4 is 0 Å². The van der Waals surface area contributed by atoms with E-state index in [0.29, 0.717) is 16.7 Å². The van der Waals surface area contributed by atoms with Gasteiger partial charge in [0.05, 0.1) is 11.3 Å². The summed E-state index contributed by atoms with van der Waals surface area (Å²) in [4.78, 5) is 37.6. The molecule has 0 aliphatic carbocycles. The van der Waals surface area contributed by atoms with Crippen LogP contribution in [0.25, 0.3) is 0 Å². The largest absolute Gasteiger partial charge is 0.512 e. The number of aromatic nitrogens is 1. The Morgan fingerprint density at radius 1 is 1.07 bits per heavy atom. The summed E-state index contributed by atoms with van der Waals surface area (Å²) < 4.78 is 5.42. The number of hydrogen-bond acceptors (Lipinski definition) is 5. The lowest BCUT2D eigenvalue weighted by Gasteiger charge is -2.21. The van der Waals surface area contributed by atoms with Crippen molar-refractivity contribution in [3.8, 4) is 0 Å². The highest BCUT2D eigenvalue weighted by Gasteiger charge is 2.32. The lowest BCUT2D eigenvalue weighted by atomic mass is 9.99. The number of aliphatic hydroxyl groups is 1. The van der Waals surface area contributed by atoms with Crippen LogP contribution in [-0.2, 0) is 9.53 Å².